The molecule has 1 aliphatic rings. The van der Waals surface area contributed by atoms with Crippen LogP contribution in [0, 0.1) is 13.8 Å². The molecule has 6 heteroatoms. The van der Waals surface area contributed by atoms with Gasteiger partial charge in [0, 0.05) is 32.1 Å². The van der Waals surface area contributed by atoms with Crippen molar-refractivity contribution in [2.45, 2.75) is 39.3 Å². The molecule has 0 bridgehead atoms. The third-order valence-electron chi connectivity index (χ3n) is 5.20. The normalized spacial score (nSPS) is 16.4. The van der Waals surface area contributed by atoms with Gasteiger partial charge in [0.25, 0.3) is 0 Å². The zero-order valence-electron chi connectivity index (χ0n) is 18.5. The number of benzene rings is 2. The maximum Gasteiger partial charge on any atom is 0.191 e. The Bertz CT molecular complexity index is 861. The summed E-state index contributed by atoms with van der Waals surface area (Å²) in [5, 5.41) is 6.78. The molecule has 1 atom stereocenters. The third-order valence-corrected chi connectivity index (χ3v) is 5.20. The zero-order valence-corrected chi connectivity index (χ0v) is 18.5. The summed E-state index contributed by atoms with van der Waals surface area (Å²) < 4.78 is 17.1. The summed E-state index contributed by atoms with van der Waals surface area (Å²) in [4.78, 5) is 4.35. The first kappa shape index (κ1) is 22.0. The number of hydrogen-bond donors (Lipinski definition) is 2. The summed E-state index contributed by atoms with van der Waals surface area (Å²) in [6.45, 7) is 7.00. The van der Waals surface area contributed by atoms with Crippen LogP contribution in [0.25, 0.3) is 0 Å². The number of aryl methyl sites for hydroxylation is 2. The Kier molecular flexibility index (Phi) is 7.97. The van der Waals surface area contributed by atoms with Crippen molar-refractivity contribution in [1.82, 2.24) is 10.6 Å². The Hall–Kier alpha value is -2.73. The van der Waals surface area contributed by atoms with Gasteiger partial charge in [-0.3, -0.25) is 4.99 Å². The van der Waals surface area contributed by atoms with Crippen molar-refractivity contribution in [2.75, 3.05) is 33.9 Å². The summed E-state index contributed by atoms with van der Waals surface area (Å²) in [5.41, 5.74) is 4.71. The van der Waals surface area contributed by atoms with Gasteiger partial charge in [-0.25, -0.2) is 0 Å². The van der Waals surface area contributed by atoms with Crippen LogP contribution in [0.2, 0.25) is 0 Å². The lowest BCUT2D eigenvalue weighted by Crippen LogP contribution is -2.38. The van der Waals surface area contributed by atoms with E-state index in [9.17, 15) is 0 Å². The minimum Gasteiger partial charge on any atom is -0.496 e. The smallest absolute Gasteiger partial charge is 0.191 e. The first-order valence-electron chi connectivity index (χ1n) is 10.5. The summed E-state index contributed by atoms with van der Waals surface area (Å²) in [6.07, 6.45) is 1.92. The number of hydrogen-bond acceptors (Lipinski definition) is 4. The fourth-order valence-electron chi connectivity index (χ4n) is 3.52. The minimum atomic E-state index is 0.132. The Labute approximate surface area is 179 Å². The van der Waals surface area contributed by atoms with Crippen LogP contribution in [0.15, 0.2) is 41.4 Å². The predicted octanol–water partition coefficient (Wildman–Crippen LogP) is 3.39. The van der Waals surface area contributed by atoms with E-state index in [1.165, 1.54) is 16.7 Å². The van der Waals surface area contributed by atoms with Gasteiger partial charge < -0.3 is 24.8 Å². The van der Waals surface area contributed by atoms with Gasteiger partial charge in [-0.2, -0.15) is 0 Å². The van der Waals surface area contributed by atoms with Crippen LogP contribution in [-0.4, -0.2) is 46.0 Å². The Morgan fingerprint density at radius 1 is 1.07 bits per heavy atom. The van der Waals surface area contributed by atoms with Gasteiger partial charge in [0.2, 0.25) is 0 Å². The van der Waals surface area contributed by atoms with Crippen molar-refractivity contribution in [3.05, 3.63) is 58.7 Å². The summed E-state index contributed by atoms with van der Waals surface area (Å²) in [5.74, 6) is 2.60. The summed E-state index contributed by atoms with van der Waals surface area (Å²) in [7, 11) is 3.49. The van der Waals surface area contributed by atoms with Gasteiger partial charge in [0.1, 0.15) is 17.6 Å². The van der Waals surface area contributed by atoms with Gasteiger partial charge in [0.05, 0.1) is 20.3 Å². The fourth-order valence-corrected chi connectivity index (χ4v) is 3.52. The number of aliphatic imine (C=N–C) groups is 1. The maximum atomic E-state index is 6.19. The maximum absolute atomic E-state index is 6.19. The Morgan fingerprint density at radius 3 is 2.60 bits per heavy atom. The van der Waals surface area contributed by atoms with E-state index in [2.05, 4.69) is 59.8 Å². The lowest BCUT2D eigenvalue weighted by atomic mass is 10.1. The highest BCUT2D eigenvalue weighted by atomic mass is 16.5. The highest BCUT2D eigenvalue weighted by Crippen LogP contribution is 2.24. The zero-order chi connectivity index (χ0) is 21.3. The topological polar surface area (TPSA) is 64.1 Å². The van der Waals surface area contributed by atoms with Crippen LogP contribution in [0.3, 0.4) is 0 Å². The number of guanidine groups is 1. The first-order valence-corrected chi connectivity index (χ1v) is 10.5. The van der Waals surface area contributed by atoms with Crippen LogP contribution in [-0.2, 0) is 17.7 Å². The number of nitrogens with zero attached hydrogens (tertiary/aromatic N) is 1. The summed E-state index contributed by atoms with van der Waals surface area (Å²) >= 11 is 0. The second-order valence-electron chi connectivity index (χ2n) is 7.63. The first-order chi connectivity index (χ1) is 14.6. The lowest BCUT2D eigenvalue weighted by molar-refractivity contribution is 0.140. The van der Waals surface area contributed by atoms with E-state index in [1.54, 1.807) is 14.2 Å². The van der Waals surface area contributed by atoms with Gasteiger partial charge in [-0.05, 0) is 43.5 Å². The molecular formula is C24H33N3O3. The Morgan fingerprint density at radius 2 is 1.87 bits per heavy atom. The fraction of sp³-hybridized carbons (Fsp3) is 0.458. The van der Waals surface area contributed by atoms with Gasteiger partial charge in [-0.1, -0.05) is 29.8 Å². The van der Waals surface area contributed by atoms with Crippen LogP contribution < -0.4 is 20.1 Å². The number of methoxy groups -OCH3 is 1. The van der Waals surface area contributed by atoms with Crippen molar-refractivity contribution in [2.24, 2.45) is 4.99 Å². The molecule has 1 heterocycles. The number of ether oxygens (including phenoxy) is 3. The van der Waals surface area contributed by atoms with Gasteiger partial charge in [0.15, 0.2) is 5.96 Å². The molecule has 1 fully saturated rings. The van der Waals surface area contributed by atoms with Crippen LogP contribution in [0.5, 0.6) is 11.5 Å². The molecule has 162 valence electrons. The van der Waals surface area contributed by atoms with E-state index in [0.717, 1.165) is 49.0 Å². The molecule has 0 amide bonds. The average molecular weight is 412 g/mol. The van der Waals surface area contributed by atoms with E-state index in [-0.39, 0.29) is 6.10 Å². The molecule has 1 aliphatic heterocycles. The number of nitrogens with one attached hydrogen (secondary N) is 2. The highest BCUT2D eigenvalue weighted by molar-refractivity contribution is 5.79. The van der Waals surface area contributed by atoms with Crippen LogP contribution in [0.1, 0.15) is 28.7 Å². The molecule has 30 heavy (non-hydrogen) atoms. The van der Waals surface area contributed by atoms with Crippen molar-refractivity contribution in [1.29, 1.82) is 0 Å². The largest absolute Gasteiger partial charge is 0.496 e. The highest BCUT2D eigenvalue weighted by Gasteiger charge is 2.18. The molecule has 2 aromatic carbocycles. The van der Waals surface area contributed by atoms with E-state index >= 15 is 0 Å². The molecule has 1 saturated heterocycles. The number of rotatable bonds is 8. The molecule has 6 nitrogen and oxygen atoms in total. The molecule has 0 spiro atoms. The van der Waals surface area contributed by atoms with Crippen molar-refractivity contribution in [3.63, 3.8) is 0 Å². The summed E-state index contributed by atoms with van der Waals surface area (Å²) in [6, 6.07) is 12.6. The molecule has 0 saturated carbocycles. The molecule has 0 aliphatic carbocycles. The average Bonchev–Trinajstić information content (AvgIpc) is 3.25. The SMILES string of the molecule is CN=C(NCCc1cc(C)ccc1OC)NCc1ccc(C)cc1OC1CCOC1. The molecular weight excluding hydrogens is 378 g/mol. The van der Waals surface area contributed by atoms with Crippen molar-refractivity contribution < 1.29 is 14.2 Å². The van der Waals surface area contributed by atoms with Crippen LogP contribution >= 0.6 is 0 Å². The Balaban J connectivity index is 1.55. The monoisotopic (exact) mass is 411 g/mol. The second-order valence-corrected chi connectivity index (χ2v) is 7.63. The van der Waals surface area contributed by atoms with Gasteiger partial charge >= 0.3 is 0 Å². The molecule has 2 aromatic rings. The molecule has 0 radical (unpaired) electrons. The molecule has 3 rings (SSSR count). The van der Waals surface area contributed by atoms with Crippen molar-refractivity contribution >= 4 is 5.96 Å². The van der Waals surface area contributed by atoms with E-state index in [4.69, 9.17) is 14.2 Å². The minimum absolute atomic E-state index is 0.132. The third kappa shape index (κ3) is 6.13. The van der Waals surface area contributed by atoms with E-state index in [1.807, 2.05) is 6.07 Å². The van der Waals surface area contributed by atoms with Crippen LogP contribution in [0.4, 0.5) is 0 Å². The molecule has 1 unspecified atom stereocenters. The lowest BCUT2D eigenvalue weighted by Gasteiger charge is -2.18. The predicted molar refractivity (Wildman–Crippen MR) is 121 cm³/mol. The molecule has 0 aromatic heterocycles. The van der Waals surface area contributed by atoms with E-state index < -0.39 is 0 Å². The van der Waals surface area contributed by atoms with Crippen molar-refractivity contribution in [3.8, 4) is 11.5 Å². The van der Waals surface area contributed by atoms with E-state index in [0.29, 0.717) is 13.2 Å². The standard InChI is InChI=1S/C24H33N3O3/c1-17-6-8-22(28-4)19(13-17)9-11-26-24(25-3)27-15-20-7-5-18(2)14-23(20)30-21-10-12-29-16-21/h5-8,13-14,21H,9-12,15-16H2,1-4H3,(H2,25,26,27). The molecule has 2 N–H and O–H groups in total. The quantitative estimate of drug-likeness (QED) is 0.515. The second kappa shape index (κ2) is 10.9. The van der Waals surface area contributed by atoms with Gasteiger partial charge in [-0.15, -0.1) is 0 Å².